The number of esters is 4. The molecule has 0 aromatic carbocycles. The highest BCUT2D eigenvalue weighted by Gasteiger charge is 2.37. The van der Waals surface area contributed by atoms with Gasteiger partial charge in [-0.1, -0.05) is 207 Å². The van der Waals surface area contributed by atoms with Crippen LogP contribution in [0, 0.1) is 5.92 Å². The van der Waals surface area contributed by atoms with E-state index in [0.717, 1.165) is 107 Å². The molecule has 76 heavy (non-hydrogen) atoms. The molecule has 2 heterocycles. The number of carbonyl (C=O) groups is 5. The summed E-state index contributed by atoms with van der Waals surface area (Å²) < 4.78 is 48.4. The largest absolute Gasteiger partial charge is 0.512 e. The molecule has 0 N–H and O–H groups in total. The van der Waals surface area contributed by atoms with Crippen LogP contribution in [0.15, 0.2) is 6.08 Å². The minimum Gasteiger partial charge on any atom is -0.475 e. The van der Waals surface area contributed by atoms with Gasteiger partial charge in [-0.15, -0.1) is 4.37 Å². The fraction of sp³-hybridized carbons (Fsp3) is 0.850. The number of carbonyl (C=O) groups excluding carboxylic acids is 5. The summed E-state index contributed by atoms with van der Waals surface area (Å²) in [7, 11) is 2.03. The van der Waals surface area contributed by atoms with Crippen LogP contribution < -0.4 is 4.74 Å². The molecule has 438 valence electrons. The average molecular weight is 1090 g/mol. The number of ether oxygens (including phenoxy) is 7. The molecule has 2 unspecified atom stereocenters. The zero-order valence-electron chi connectivity index (χ0n) is 48.7. The van der Waals surface area contributed by atoms with Crippen LogP contribution in [0.2, 0.25) is 0 Å². The molecule has 3 atom stereocenters. The lowest BCUT2D eigenvalue weighted by Crippen LogP contribution is -2.55. The van der Waals surface area contributed by atoms with Crippen molar-refractivity contribution >= 4 is 47.3 Å². The highest BCUT2D eigenvalue weighted by atomic mass is 32.1. The van der Waals surface area contributed by atoms with E-state index in [4.69, 9.17) is 33.2 Å². The van der Waals surface area contributed by atoms with Gasteiger partial charge in [-0.2, -0.15) is 4.37 Å². The molecule has 2 rings (SSSR count). The number of hydrogen-bond donors (Lipinski definition) is 0. The summed E-state index contributed by atoms with van der Waals surface area (Å²) in [6.45, 7) is 11.4. The number of rotatable bonds is 49. The van der Waals surface area contributed by atoms with E-state index < -0.39 is 30.4 Å². The molecule has 1 aromatic rings. The third-order valence-corrected chi connectivity index (χ3v) is 14.9. The molecular formula is C60H106N3O12S+. The van der Waals surface area contributed by atoms with Gasteiger partial charge >= 0.3 is 30.0 Å². The van der Waals surface area contributed by atoms with Crippen LogP contribution in [0.4, 0.5) is 4.79 Å². The number of nitrogens with zero attached hydrogens (tertiary/aromatic N) is 3. The summed E-state index contributed by atoms with van der Waals surface area (Å²) in [6.07, 6.45) is 36.5. The Morgan fingerprint density at radius 1 is 0.526 bits per heavy atom. The van der Waals surface area contributed by atoms with Gasteiger partial charge in [0.15, 0.2) is 6.10 Å². The Morgan fingerprint density at radius 2 is 1.00 bits per heavy atom. The zero-order chi connectivity index (χ0) is 55.3. The molecule has 16 heteroatoms. The molecule has 0 bridgehead atoms. The molecule has 0 saturated heterocycles. The van der Waals surface area contributed by atoms with Gasteiger partial charge in [-0.3, -0.25) is 23.7 Å². The molecule has 1 aliphatic heterocycles. The van der Waals surface area contributed by atoms with Gasteiger partial charge in [0.25, 0.3) is 5.88 Å². The SMILES string of the molecule is CCCCCCCCCCCCCCCC(=O)OCC(COC(=O)CCCCCCCCCCCCCCC)OC(=O)CCOC(=O)CC(C)COC(=O)O[C@H](C)[N+]1(C)CCC=C(c2nsnc2OCCCCCC)C1. The van der Waals surface area contributed by atoms with Crippen molar-refractivity contribution in [2.75, 3.05) is 53.2 Å². The Balaban J connectivity index is 1.73. The molecule has 0 aliphatic carbocycles. The topological polar surface area (TPSA) is 176 Å². The van der Waals surface area contributed by atoms with E-state index in [1.165, 1.54) is 122 Å². The van der Waals surface area contributed by atoms with Crippen molar-refractivity contribution in [2.45, 2.75) is 272 Å². The first kappa shape index (κ1) is 68.3. The van der Waals surface area contributed by atoms with E-state index in [-0.39, 0.29) is 70.0 Å². The van der Waals surface area contributed by atoms with Crippen LogP contribution in [-0.4, -0.2) is 109 Å². The van der Waals surface area contributed by atoms with Crippen LogP contribution in [0.1, 0.15) is 265 Å². The quantitative estimate of drug-likeness (QED) is 0.0261. The number of likely N-dealkylation sites (N-methyl/N-ethyl adjacent to an activating group) is 1. The number of unbranched alkanes of at least 4 members (excludes halogenated alkanes) is 27. The average Bonchev–Trinajstić information content (AvgIpc) is 3.88. The maximum absolute atomic E-state index is 12.9. The molecule has 0 amide bonds. The van der Waals surface area contributed by atoms with Crippen molar-refractivity contribution in [1.29, 1.82) is 0 Å². The van der Waals surface area contributed by atoms with Gasteiger partial charge in [-0.05, 0) is 19.3 Å². The van der Waals surface area contributed by atoms with Crippen LogP contribution in [0.3, 0.4) is 0 Å². The van der Waals surface area contributed by atoms with Crippen LogP contribution in [0.25, 0.3) is 5.57 Å². The van der Waals surface area contributed by atoms with E-state index in [1.807, 2.05) is 14.0 Å². The second-order valence-electron chi connectivity index (χ2n) is 21.7. The number of aromatic nitrogens is 2. The maximum atomic E-state index is 12.9. The van der Waals surface area contributed by atoms with E-state index in [9.17, 15) is 24.0 Å². The van der Waals surface area contributed by atoms with Crippen molar-refractivity contribution in [3.63, 3.8) is 0 Å². The van der Waals surface area contributed by atoms with Crippen LogP contribution >= 0.6 is 11.7 Å². The lowest BCUT2D eigenvalue weighted by molar-refractivity contribution is -0.944. The first-order chi connectivity index (χ1) is 36.9. The smallest absolute Gasteiger partial charge is 0.475 e. The molecule has 1 aliphatic rings. The van der Waals surface area contributed by atoms with E-state index in [0.29, 0.717) is 23.5 Å². The standard InChI is InChI=1S/C60H106N3O12S/c1-7-10-13-16-18-20-22-24-26-28-30-32-34-39-54(64)71-48-53(49-72-55(65)40-35-33-31-29-27-25-23-21-19-17-14-11-8-2)75-56(66)41-44-69-57(67)45-50(4)47-73-60(68)74-51(5)63(6)42-37-38-52(46-63)58-59(62-76-61-58)70-43-36-15-12-9-3/h38,50-51,53H,7-37,39-49H2,1-6H3/q+1/t50?,51-,63?/m1/s1. The van der Waals surface area contributed by atoms with Crippen molar-refractivity contribution in [3.05, 3.63) is 11.8 Å². The molecule has 15 nitrogen and oxygen atoms in total. The number of quaternary nitrogens is 1. The van der Waals surface area contributed by atoms with Crippen molar-refractivity contribution in [1.82, 2.24) is 8.75 Å². The summed E-state index contributed by atoms with van der Waals surface area (Å²) >= 11 is 1.12. The highest BCUT2D eigenvalue weighted by molar-refractivity contribution is 6.99. The molecule has 0 saturated carbocycles. The van der Waals surface area contributed by atoms with Crippen molar-refractivity contribution in [3.8, 4) is 5.88 Å². The van der Waals surface area contributed by atoms with E-state index in [2.05, 4.69) is 35.6 Å². The Morgan fingerprint density at radius 3 is 1.50 bits per heavy atom. The monoisotopic (exact) mass is 1090 g/mol. The summed E-state index contributed by atoms with van der Waals surface area (Å²) in [5.74, 6) is -1.88. The van der Waals surface area contributed by atoms with Crippen LogP contribution in [-0.2, 0) is 47.6 Å². The van der Waals surface area contributed by atoms with E-state index >= 15 is 0 Å². The predicted molar refractivity (Wildman–Crippen MR) is 302 cm³/mol. The second-order valence-corrected chi connectivity index (χ2v) is 22.3. The summed E-state index contributed by atoms with van der Waals surface area (Å²) in [5.41, 5.74) is 1.74. The fourth-order valence-corrected chi connectivity index (χ4v) is 9.86. The third-order valence-electron chi connectivity index (χ3n) is 14.4. The Bertz CT molecular complexity index is 1660. The summed E-state index contributed by atoms with van der Waals surface area (Å²) in [5, 5.41) is 0. The summed E-state index contributed by atoms with van der Waals surface area (Å²) in [6, 6.07) is 0. The molecule has 0 spiro atoms. The number of hydrogen-bond acceptors (Lipinski definition) is 15. The Labute approximate surface area is 464 Å². The summed E-state index contributed by atoms with van der Waals surface area (Å²) in [4.78, 5) is 63.9. The maximum Gasteiger partial charge on any atom is 0.512 e. The molecule has 0 fully saturated rings. The normalized spacial score (nSPS) is 15.2. The third kappa shape index (κ3) is 34.9. The molecule has 1 aromatic heterocycles. The Kier molecular flexibility index (Phi) is 40.6. The second kappa shape index (κ2) is 45.1. The lowest BCUT2D eigenvalue weighted by atomic mass is 10.0. The van der Waals surface area contributed by atoms with Gasteiger partial charge in [0.05, 0.1) is 51.4 Å². The molecule has 0 radical (unpaired) electrons. The predicted octanol–water partition coefficient (Wildman–Crippen LogP) is 15.2. The van der Waals surface area contributed by atoms with Gasteiger partial charge in [0.2, 0.25) is 6.23 Å². The first-order valence-corrected chi connectivity index (χ1v) is 31.1. The van der Waals surface area contributed by atoms with Crippen molar-refractivity contribution in [2.24, 2.45) is 5.92 Å². The minimum atomic E-state index is -1.00. The van der Waals surface area contributed by atoms with Gasteiger partial charge < -0.3 is 33.2 Å². The van der Waals surface area contributed by atoms with Gasteiger partial charge in [0, 0.05) is 37.7 Å². The highest BCUT2D eigenvalue weighted by Crippen LogP contribution is 2.32. The first-order valence-electron chi connectivity index (χ1n) is 30.4. The minimum absolute atomic E-state index is 0.0580. The fourth-order valence-electron chi connectivity index (χ4n) is 9.33. The molecular weight excluding hydrogens is 987 g/mol. The lowest BCUT2D eigenvalue weighted by Gasteiger charge is -2.41. The van der Waals surface area contributed by atoms with Crippen LogP contribution in [0.5, 0.6) is 5.88 Å². The van der Waals surface area contributed by atoms with Gasteiger partial charge in [0.1, 0.15) is 32.1 Å². The van der Waals surface area contributed by atoms with Crippen molar-refractivity contribution < 1.29 is 61.6 Å². The van der Waals surface area contributed by atoms with Gasteiger partial charge in [-0.25, -0.2) is 4.79 Å². The zero-order valence-corrected chi connectivity index (χ0v) is 49.5. The van der Waals surface area contributed by atoms with E-state index in [1.54, 1.807) is 6.92 Å². The Hall–Kier alpha value is -3.79.